The predicted octanol–water partition coefficient (Wildman–Crippen LogP) is 2.51. The molecular weight excluding hydrogens is 310 g/mol. The van der Waals surface area contributed by atoms with Crippen LogP contribution in [0.4, 0.5) is 5.69 Å². The highest BCUT2D eigenvalue weighted by molar-refractivity contribution is 6.32. The Bertz CT molecular complexity index is 656. The molecule has 1 amide bonds. The van der Waals surface area contributed by atoms with Crippen molar-refractivity contribution in [3.05, 3.63) is 58.9 Å². The maximum Gasteiger partial charge on any atom is 0.279 e. The molecule has 0 spiro atoms. The number of quaternary nitrogens is 1. The number of nitrogens with one attached hydrogen (secondary N) is 2. The van der Waals surface area contributed by atoms with E-state index in [1.807, 2.05) is 7.05 Å². The number of likely N-dealkylation sites (N-methyl/N-ethyl adjacent to an activating group) is 1. The van der Waals surface area contributed by atoms with Crippen LogP contribution < -0.4 is 10.2 Å². The number of halogens is 1. The number of amides is 1. The zero-order chi connectivity index (χ0) is 16.8. The third-order valence-electron chi connectivity index (χ3n) is 3.65. The minimum Gasteiger partial charge on any atom is -0.326 e. The van der Waals surface area contributed by atoms with Gasteiger partial charge in [0.1, 0.15) is 6.54 Å². The highest BCUT2D eigenvalue weighted by Gasteiger charge is 2.12. The lowest BCUT2D eigenvalue weighted by Crippen LogP contribution is -3.08. The summed E-state index contributed by atoms with van der Waals surface area (Å²) < 4.78 is 0. The van der Waals surface area contributed by atoms with Crippen LogP contribution in [0.25, 0.3) is 0 Å². The predicted molar refractivity (Wildman–Crippen MR) is 93.9 cm³/mol. The lowest BCUT2D eigenvalue weighted by Gasteiger charge is -2.15. The number of hydrogen-bond donors (Lipinski definition) is 2. The summed E-state index contributed by atoms with van der Waals surface area (Å²) >= 11 is 5.94. The van der Waals surface area contributed by atoms with Crippen molar-refractivity contribution < 1.29 is 9.69 Å². The minimum atomic E-state index is -0.0730. The molecule has 1 aromatic heterocycles. The van der Waals surface area contributed by atoms with Gasteiger partial charge in [-0.25, -0.2) is 4.98 Å². The number of carbonyl (C=O) groups excluding carboxylic acids is 1. The number of nitrogens with zero attached hydrogens (tertiary/aromatic N) is 1. The van der Waals surface area contributed by atoms with Gasteiger partial charge in [0.25, 0.3) is 5.91 Å². The van der Waals surface area contributed by atoms with Crippen LogP contribution in [-0.2, 0) is 11.3 Å². The lowest BCUT2D eigenvalue weighted by molar-refractivity contribution is -0.885. The first-order valence-electron chi connectivity index (χ1n) is 7.76. The zero-order valence-corrected chi connectivity index (χ0v) is 14.5. The van der Waals surface area contributed by atoms with Crippen LogP contribution in [0.3, 0.4) is 0 Å². The summed E-state index contributed by atoms with van der Waals surface area (Å²) in [5.74, 6) is 0.459. The summed E-state index contributed by atoms with van der Waals surface area (Å²) in [5.41, 5.74) is 3.10. The molecule has 2 rings (SSSR count). The fourth-order valence-electron chi connectivity index (χ4n) is 2.38. The first kappa shape index (κ1) is 17.4. The number of aromatic nitrogens is 1. The Morgan fingerprint density at radius 3 is 2.57 bits per heavy atom. The van der Waals surface area contributed by atoms with Crippen LogP contribution in [-0.4, -0.2) is 24.5 Å². The summed E-state index contributed by atoms with van der Waals surface area (Å²) in [6.45, 7) is 5.53. The van der Waals surface area contributed by atoms with Crippen molar-refractivity contribution in [2.75, 3.05) is 18.9 Å². The Hall–Kier alpha value is -1.91. The van der Waals surface area contributed by atoms with Crippen LogP contribution in [0.15, 0.2) is 42.6 Å². The largest absolute Gasteiger partial charge is 0.326 e. The van der Waals surface area contributed by atoms with Crippen LogP contribution in [0, 0.1) is 0 Å². The standard InChI is InChI=1S/C18H22ClN3O/c1-13(2)15-8-6-14(7-9-15)11-22(3)12-17(23)21-16-5-4-10-20-18(16)19/h4-10,13H,11-12H2,1-3H3,(H,21,23)/p+1. The van der Waals surface area contributed by atoms with E-state index in [-0.39, 0.29) is 5.91 Å². The number of rotatable bonds is 6. The molecule has 0 aliphatic heterocycles. The van der Waals surface area contributed by atoms with E-state index in [0.717, 1.165) is 11.4 Å². The Labute approximate surface area is 142 Å². The minimum absolute atomic E-state index is 0.0730. The van der Waals surface area contributed by atoms with Crippen LogP contribution >= 0.6 is 11.6 Å². The van der Waals surface area contributed by atoms with E-state index in [1.165, 1.54) is 11.1 Å². The van der Waals surface area contributed by atoms with Gasteiger partial charge in [-0.1, -0.05) is 49.7 Å². The molecule has 1 heterocycles. The third kappa shape index (κ3) is 5.34. The van der Waals surface area contributed by atoms with Crippen LogP contribution in [0.5, 0.6) is 0 Å². The van der Waals surface area contributed by atoms with Gasteiger partial charge in [-0.3, -0.25) is 4.79 Å². The lowest BCUT2D eigenvalue weighted by atomic mass is 10.0. The summed E-state index contributed by atoms with van der Waals surface area (Å²) in [4.78, 5) is 17.1. The smallest absolute Gasteiger partial charge is 0.279 e. The monoisotopic (exact) mass is 332 g/mol. The Kier molecular flexibility index (Phi) is 6.13. The molecule has 4 nitrogen and oxygen atoms in total. The van der Waals surface area contributed by atoms with Gasteiger partial charge in [0, 0.05) is 11.8 Å². The van der Waals surface area contributed by atoms with E-state index < -0.39 is 0 Å². The normalized spacial score (nSPS) is 12.2. The van der Waals surface area contributed by atoms with Gasteiger partial charge in [-0.15, -0.1) is 0 Å². The van der Waals surface area contributed by atoms with Gasteiger partial charge < -0.3 is 10.2 Å². The molecule has 0 saturated heterocycles. The van der Waals surface area contributed by atoms with E-state index in [0.29, 0.717) is 23.3 Å². The molecule has 122 valence electrons. The Morgan fingerprint density at radius 1 is 1.26 bits per heavy atom. The maximum absolute atomic E-state index is 12.1. The molecule has 0 radical (unpaired) electrons. The summed E-state index contributed by atoms with van der Waals surface area (Å²) in [7, 11) is 2.00. The highest BCUT2D eigenvalue weighted by Crippen LogP contribution is 2.17. The molecule has 1 atom stereocenters. The molecule has 0 bridgehead atoms. The second kappa shape index (κ2) is 8.09. The van der Waals surface area contributed by atoms with Gasteiger partial charge in [0.2, 0.25) is 0 Å². The number of hydrogen-bond acceptors (Lipinski definition) is 2. The molecular formula is C18H23ClN3O+. The van der Waals surface area contributed by atoms with Gasteiger partial charge in [0.15, 0.2) is 11.7 Å². The molecule has 0 aliphatic carbocycles. The van der Waals surface area contributed by atoms with Crippen molar-refractivity contribution >= 4 is 23.2 Å². The van der Waals surface area contributed by atoms with Crippen molar-refractivity contribution in [1.82, 2.24) is 4.98 Å². The number of benzene rings is 1. The van der Waals surface area contributed by atoms with Gasteiger partial charge in [-0.2, -0.15) is 0 Å². The third-order valence-corrected chi connectivity index (χ3v) is 3.95. The molecule has 2 aromatic rings. The van der Waals surface area contributed by atoms with E-state index in [4.69, 9.17) is 11.6 Å². The fourth-order valence-corrected chi connectivity index (χ4v) is 2.55. The van der Waals surface area contributed by atoms with Gasteiger partial charge in [0.05, 0.1) is 12.7 Å². The first-order chi connectivity index (χ1) is 11.0. The van der Waals surface area contributed by atoms with Crippen molar-refractivity contribution in [1.29, 1.82) is 0 Å². The van der Waals surface area contributed by atoms with Crippen molar-refractivity contribution in [2.24, 2.45) is 0 Å². The van der Waals surface area contributed by atoms with Gasteiger partial charge >= 0.3 is 0 Å². The summed E-state index contributed by atoms with van der Waals surface area (Å²) in [6, 6.07) is 12.1. The maximum atomic E-state index is 12.1. The molecule has 0 fully saturated rings. The van der Waals surface area contributed by atoms with E-state index in [9.17, 15) is 4.79 Å². The molecule has 0 aliphatic rings. The quantitative estimate of drug-likeness (QED) is 0.798. The Morgan fingerprint density at radius 2 is 1.96 bits per heavy atom. The van der Waals surface area contributed by atoms with Crippen LogP contribution in [0.2, 0.25) is 5.15 Å². The van der Waals surface area contributed by atoms with E-state index >= 15 is 0 Å². The second-order valence-electron chi connectivity index (χ2n) is 6.10. The number of anilines is 1. The van der Waals surface area contributed by atoms with Crippen LogP contribution in [0.1, 0.15) is 30.9 Å². The SMILES string of the molecule is CC(C)c1ccc(C[NH+](C)CC(=O)Nc2cccnc2Cl)cc1. The average molecular weight is 333 g/mol. The average Bonchev–Trinajstić information content (AvgIpc) is 2.50. The molecule has 1 aromatic carbocycles. The van der Waals surface area contributed by atoms with Crippen molar-refractivity contribution in [2.45, 2.75) is 26.3 Å². The van der Waals surface area contributed by atoms with E-state index in [2.05, 4.69) is 48.4 Å². The van der Waals surface area contributed by atoms with Crippen molar-refractivity contribution in [3.8, 4) is 0 Å². The number of pyridine rings is 1. The number of carbonyl (C=O) groups is 1. The molecule has 2 N–H and O–H groups in total. The first-order valence-corrected chi connectivity index (χ1v) is 8.14. The fraction of sp³-hybridized carbons (Fsp3) is 0.333. The zero-order valence-electron chi connectivity index (χ0n) is 13.8. The topological polar surface area (TPSA) is 46.4 Å². The molecule has 23 heavy (non-hydrogen) atoms. The Balaban J connectivity index is 1.87. The molecule has 1 unspecified atom stereocenters. The summed E-state index contributed by atoms with van der Waals surface area (Å²) in [5, 5.41) is 3.10. The van der Waals surface area contributed by atoms with Crippen molar-refractivity contribution in [3.63, 3.8) is 0 Å². The second-order valence-corrected chi connectivity index (χ2v) is 6.45. The highest BCUT2D eigenvalue weighted by atomic mass is 35.5. The molecule has 5 heteroatoms. The summed E-state index contributed by atoms with van der Waals surface area (Å²) in [6.07, 6.45) is 1.59. The van der Waals surface area contributed by atoms with Gasteiger partial charge in [-0.05, 0) is 23.6 Å². The van der Waals surface area contributed by atoms with E-state index in [1.54, 1.807) is 18.3 Å². The molecule has 0 saturated carbocycles.